The third-order valence-corrected chi connectivity index (χ3v) is 3.42. The van der Waals surface area contributed by atoms with Gasteiger partial charge in [0.25, 0.3) is 0 Å². The monoisotopic (exact) mass is 249 g/mol. The summed E-state index contributed by atoms with van der Waals surface area (Å²) in [6.07, 6.45) is 3.85. The molecule has 102 valence electrons. The lowest BCUT2D eigenvalue weighted by molar-refractivity contribution is 0.159. The number of hydrogen-bond donors (Lipinski definition) is 2. The third kappa shape index (κ3) is 5.19. The van der Waals surface area contributed by atoms with Gasteiger partial charge in [0.1, 0.15) is 0 Å². The second-order valence-electron chi connectivity index (χ2n) is 5.02. The number of benzene rings is 1. The summed E-state index contributed by atoms with van der Waals surface area (Å²) in [5.74, 6) is 0. The SMILES string of the molecule is CCCc1ccc(C(C)NCCC(O)CC)cc1. The summed E-state index contributed by atoms with van der Waals surface area (Å²) in [5.41, 5.74) is 2.73. The molecule has 0 fully saturated rings. The molecule has 2 heteroatoms. The van der Waals surface area contributed by atoms with Crippen LogP contribution in [0.25, 0.3) is 0 Å². The molecule has 0 spiro atoms. The van der Waals surface area contributed by atoms with E-state index >= 15 is 0 Å². The van der Waals surface area contributed by atoms with E-state index in [1.54, 1.807) is 0 Å². The second-order valence-corrected chi connectivity index (χ2v) is 5.02. The number of aliphatic hydroxyl groups excluding tert-OH is 1. The molecule has 0 aliphatic carbocycles. The van der Waals surface area contributed by atoms with E-state index in [1.807, 2.05) is 6.92 Å². The van der Waals surface area contributed by atoms with Crippen molar-refractivity contribution in [2.45, 2.75) is 58.6 Å². The van der Waals surface area contributed by atoms with Gasteiger partial charge in [-0.1, -0.05) is 44.5 Å². The molecular formula is C16H27NO. The molecular weight excluding hydrogens is 222 g/mol. The van der Waals surface area contributed by atoms with Gasteiger partial charge in [0, 0.05) is 6.04 Å². The molecule has 1 aromatic carbocycles. The van der Waals surface area contributed by atoms with Crippen LogP contribution in [0.5, 0.6) is 0 Å². The Hall–Kier alpha value is -0.860. The molecule has 0 amide bonds. The standard InChI is InChI=1S/C16H27NO/c1-4-6-14-7-9-15(10-8-14)13(3)17-12-11-16(18)5-2/h7-10,13,16-18H,4-6,11-12H2,1-3H3. The van der Waals surface area contributed by atoms with Crippen LogP contribution in [0.15, 0.2) is 24.3 Å². The first kappa shape index (κ1) is 15.2. The minimum Gasteiger partial charge on any atom is -0.393 e. The van der Waals surface area contributed by atoms with Crippen LogP contribution in [-0.4, -0.2) is 17.8 Å². The summed E-state index contributed by atoms with van der Waals surface area (Å²) in [6.45, 7) is 7.26. The van der Waals surface area contributed by atoms with E-state index in [4.69, 9.17) is 0 Å². The Morgan fingerprint density at radius 3 is 2.39 bits per heavy atom. The van der Waals surface area contributed by atoms with Gasteiger partial charge in [0.15, 0.2) is 0 Å². The Morgan fingerprint density at radius 1 is 1.17 bits per heavy atom. The zero-order chi connectivity index (χ0) is 13.4. The van der Waals surface area contributed by atoms with Crippen LogP contribution in [0.3, 0.4) is 0 Å². The Bertz CT molecular complexity index is 320. The van der Waals surface area contributed by atoms with Crippen LogP contribution in [0, 0.1) is 0 Å². The van der Waals surface area contributed by atoms with Gasteiger partial charge in [-0.3, -0.25) is 0 Å². The number of aliphatic hydroxyl groups is 1. The maximum absolute atomic E-state index is 9.50. The molecule has 0 saturated carbocycles. The molecule has 1 rings (SSSR count). The van der Waals surface area contributed by atoms with Gasteiger partial charge >= 0.3 is 0 Å². The van der Waals surface area contributed by atoms with Crippen molar-refractivity contribution in [1.82, 2.24) is 5.32 Å². The first-order chi connectivity index (χ1) is 8.67. The normalized spacial score (nSPS) is 14.4. The highest BCUT2D eigenvalue weighted by atomic mass is 16.3. The Morgan fingerprint density at radius 2 is 1.83 bits per heavy atom. The average molecular weight is 249 g/mol. The molecule has 0 radical (unpaired) electrons. The Balaban J connectivity index is 2.39. The zero-order valence-electron chi connectivity index (χ0n) is 11.9. The van der Waals surface area contributed by atoms with E-state index in [2.05, 4.69) is 43.4 Å². The number of nitrogens with one attached hydrogen (secondary N) is 1. The van der Waals surface area contributed by atoms with Gasteiger partial charge < -0.3 is 10.4 Å². The highest BCUT2D eigenvalue weighted by molar-refractivity contribution is 5.24. The first-order valence-electron chi connectivity index (χ1n) is 7.17. The summed E-state index contributed by atoms with van der Waals surface area (Å²) in [5, 5.41) is 13.0. The first-order valence-corrected chi connectivity index (χ1v) is 7.17. The van der Waals surface area contributed by atoms with Gasteiger partial charge in [0.05, 0.1) is 6.10 Å². The van der Waals surface area contributed by atoms with Gasteiger partial charge in [-0.15, -0.1) is 0 Å². The highest BCUT2D eigenvalue weighted by Gasteiger charge is 2.06. The molecule has 2 unspecified atom stereocenters. The van der Waals surface area contributed by atoms with Gasteiger partial charge in [-0.25, -0.2) is 0 Å². The molecule has 2 atom stereocenters. The van der Waals surface area contributed by atoms with Crippen molar-refractivity contribution in [3.05, 3.63) is 35.4 Å². The molecule has 2 N–H and O–H groups in total. The summed E-state index contributed by atoms with van der Waals surface area (Å²) >= 11 is 0. The molecule has 0 aliphatic heterocycles. The van der Waals surface area contributed by atoms with Crippen molar-refractivity contribution >= 4 is 0 Å². The minimum atomic E-state index is -0.170. The minimum absolute atomic E-state index is 0.170. The summed E-state index contributed by atoms with van der Waals surface area (Å²) in [6, 6.07) is 9.21. The smallest absolute Gasteiger partial charge is 0.0549 e. The van der Waals surface area contributed by atoms with Crippen molar-refractivity contribution in [3.63, 3.8) is 0 Å². The van der Waals surface area contributed by atoms with Gasteiger partial charge in [-0.05, 0) is 43.9 Å². The second kappa shape index (κ2) is 8.28. The summed E-state index contributed by atoms with van der Waals surface area (Å²) < 4.78 is 0. The molecule has 0 heterocycles. The largest absolute Gasteiger partial charge is 0.393 e. The quantitative estimate of drug-likeness (QED) is 0.739. The van der Waals surface area contributed by atoms with E-state index in [9.17, 15) is 5.11 Å². The third-order valence-electron chi connectivity index (χ3n) is 3.42. The van der Waals surface area contributed by atoms with Crippen LogP contribution < -0.4 is 5.32 Å². The highest BCUT2D eigenvalue weighted by Crippen LogP contribution is 2.14. The van der Waals surface area contributed by atoms with Crippen molar-refractivity contribution in [1.29, 1.82) is 0 Å². The van der Waals surface area contributed by atoms with E-state index < -0.39 is 0 Å². The number of rotatable bonds is 8. The van der Waals surface area contributed by atoms with Gasteiger partial charge in [-0.2, -0.15) is 0 Å². The van der Waals surface area contributed by atoms with Crippen LogP contribution in [0.1, 0.15) is 57.2 Å². The lowest BCUT2D eigenvalue weighted by atomic mass is 10.0. The van der Waals surface area contributed by atoms with Crippen LogP contribution >= 0.6 is 0 Å². The summed E-state index contributed by atoms with van der Waals surface area (Å²) in [7, 11) is 0. The molecule has 2 nitrogen and oxygen atoms in total. The molecule has 0 bridgehead atoms. The topological polar surface area (TPSA) is 32.3 Å². The van der Waals surface area contributed by atoms with Crippen molar-refractivity contribution < 1.29 is 5.11 Å². The Kier molecular flexibility index (Phi) is 6.99. The lowest BCUT2D eigenvalue weighted by Crippen LogP contribution is -2.23. The number of hydrogen-bond acceptors (Lipinski definition) is 2. The zero-order valence-corrected chi connectivity index (χ0v) is 11.9. The Labute approximate surface area is 111 Å². The number of aryl methyl sites for hydroxylation is 1. The molecule has 0 aliphatic rings. The predicted molar refractivity (Wildman–Crippen MR) is 77.8 cm³/mol. The molecule has 1 aromatic rings. The maximum atomic E-state index is 9.50. The van der Waals surface area contributed by atoms with Crippen molar-refractivity contribution in [2.75, 3.05) is 6.54 Å². The van der Waals surface area contributed by atoms with E-state index in [-0.39, 0.29) is 6.10 Å². The van der Waals surface area contributed by atoms with E-state index in [1.165, 1.54) is 17.5 Å². The fraction of sp³-hybridized carbons (Fsp3) is 0.625. The summed E-state index contributed by atoms with van der Waals surface area (Å²) in [4.78, 5) is 0. The fourth-order valence-electron chi connectivity index (χ4n) is 2.05. The average Bonchev–Trinajstić information content (AvgIpc) is 2.39. The molecule has 0 saturated heterocycles. The van der Waals surface area contributed by atoms with Crippen LogP contribution in [-0.2, 0) is 6.42 Å². The van der Waals surface area contributed by atoms with Crippen LogP contribution in [0.2, 0.25) is 0 Å². The van der Waals surface area contributed by atoms with Gasteiger partial charge in [0.2, 0.25) is 0 Å². The van der Waals surface area contributed by atoms with E-state index in [0.29, 0.717) is 6.04 Å². The fourth-order valence-corrected chi connectivity index (χ4v) is 2.05. The maximum Gasteiger partial charge on any atom is 0.0549 e. The molecule has 18 heavy (non-hydrogen) atoms. The van der Waals surface area contributed by atoms with Crippen LogP contribution in [0.4, 0.5) is 0 Å². The van der Waals surface area contributed by atoms with Crippen molar-refractivity contribution in [3.8, 4) is 0 Å². The van der Waals surface area contributed by atoms with E-state index in [0.717, 1.165) is 25.8 Å². The lowest BCUT2D eigenvalue weighted by Gasteiger charge is -2.16. The predicted octanol–water partition coefficient (Wildman–Crippen LogP) is 3.45. The molecule has 0 aromatic heterocycles. The van der Waals surface area contributed by atoms with Crippen molar-refractivity contribution in [2.24, 2.45) is 0 Å².